The minimum absolute atomic E-state index is 0.00894. The number of anilines is 2. The van der Waals surface area contributed by atoms with Crippen LogP contribution in [0.5, 0.6) is 0 Å². The Hall–Kier alpha value is -3.65. The molecule has 3 aromatic rings. The first kappa shape index (κ1) is 23.5. The topological polar surface area (TPSA) is 92.8 Å². The minimum atomic E-state index is -3.89. The summed E-state index contributed by atoms with van der Waals surface area (Å²) < 4.78 is 33.4. The highest BCUT2D eigenvalue weighted by molar-refractivity contribution is 7.92. The predicted octanol–water partition coefficient (Wildman–Crippen LogP) is 4.24. The summed E-state index contributed by atoms with van der Waals surface area (Å²) in [5, 5.41) is 2.73. The van der Waals surface area contributed by atoms with E-state index in [1.807, 2.05) is 51.1 Å². The first-order valence-corrected chi connectivity index (χ1v) is 12.4. The Bertz CT molecular complexity index is 1370. The van der Waals surface area contributed by atoms with E-state index in [1.165, 1.54) is 28.6 Å². The van der Waals surface area contributed by atoms with Crippen molar-refractivity contribution in [1.29, 1.82) is 0 Å². The zero-order chi connectivity index (χ0) is 24.5. The van der Waals surface area contributed by atoms with Gasteiger partial charge in [0.1, 0.15) is 0 Å². The van der Waals surface area contributed by atoms with Crippen LogP contribution in [0.15, 0.2) is 71.6 Å². The molecule has 0 aliphatic carbocycles. The number of hydrogen-bond donors (Lipinski definition) is 1. The van der Waals surface area contributed by atoms with E-state index in [0.717, 1.165) is 16.7 Å². The quantitative estimate of drug-likeness (QED) is 0.535. The van der Waals surface area contributed by atoms with Crippen LogP contribution < -0.4 is 9.62 Å². The van der Waals surface area contributed by atoms with E-state index in [1.54, 1.807) is 12.1 Å². The molecule has 34 heavy (non-hydrogen) atoms. The summed E-state index contributed by atoms with van der Waals surface area (Å²) in [4.78, 5) is 24.8. The van der Waals surface area contributed by atoms with E-state index in [-0.39, 0.29) is 16.5 Å². The number of benzene rings is 3. The lowest BCUT2D eigenvalue weighted by Gasteiger charge is -2.24. The zero-order valence-electron chi connectivity index (χ0n) is 19.2. The molecule has 7 nitrogen and oxygen atoms in total. The third-order valence-corrected chi connectivity index (χ3v) is 7.70. The lowest BCUT2D eigenvalue weighted by atomic mass is 10.1. The molecule has 0 unspecified atom stereocenters. The number of esters is 1. The van der Waals surface area contributed by atoms with Crippen LogP contribution >= 0.6 is 0 Å². The summed E-state index contributed by atoms with van der Waals surface area (Å²) in [7, 11) is -3.89. The molecule has 8 heteroatoms. The molecule has 176 valence electrons. The molecular weight excluding hydrogens is 452 g/mol. The van der Waals surface area contributed by atoms with Gasteiger partial charge in [0.25, 0.3) is 15.9 Å². The van der Waals surface area contributed by atoms with Gasteiger partial charge in [-0.2, -0.15) is 0 Å². The highest BCUT2D eigenvalue weighted by atomic mass is 32.2. The van der Waals surface area contributed by atoms with Crippen LogP contribution in [0.25, 0.3) is 0 Å². The fraction of sp³-hybridized carbons (Fsp3) is 0.231. The first-order chi connectivity index (χ1) is 16.2. The molecule has 1 atom stereocenters. The Morgan fingerprint density at radius 1 is 1.03 bits per heavy atom. The molecule has 0 bridgehead atoms. The van der Waals surface area contributed by atoms with Crippen molar-refractivity contribution in [1.82, 2.24) is 0 Å². The molecule has 0 radical (unpaired) electrons. The van der Waals surface area contributed by atoms with Crippen LogP contribution in [0.4, 0.5) is 11.4 Å². The summed E-state index contributed by atoms with van der Waals surface area (Å²) in [5.41, 5.74) is 4.19. The number of carbonyl (C=O) groups excluding carboxylic acids is 2. The van der Waals surface area contributed by atoms with Gasteiger partial charge in [-0.1, -0.05) is 36.4 Å². The molecule has 0 spiro atoms. The van der Waals surface area contributed by atoms with Gasteiger partial charge in [0.2, 0.25) is 0 Å². The molecule has 1 heterocycles. The van der Waals surface area contributed by atoms with Gasteiger partial charge in [0.15, 0.2) is 6.61 Å². The molecule has 0 saturated heterocycles. The van der Waals surface area contributed by atoms with E-state index in [0.29, 0.717) is 17.8 Å². The van der Waals surface area contributed by atoms with Gasteiger partial charge in [-0.3, -0.25) is 9.10 Å². The molecule has 3 aromatic carbocycles. The Labute approximate surface area is 199 Å². The van der Waals surface area contributed by atoms with Crippen molar-refractivity contribution >= 4 is 33.3 Å². The average molecular weight is 479 g/mol. The largest absolute Gasteiger partial charge is 0.452 e. The third kappa shape index (κ3) is 4.68. The van der Waals surface area contributed by atoms with Gasteiger partial charge in [0.05, 0.1) is 16.1 Å². The number of nitrogens with one attached hydrogen (secondary N) is 1. The van der Waals surface area contributed by atoms with Crippen molar-refractivity contribution in [2.75, 3.05) is 16.2 Å². The summed E-state index contributed by atoms with van der Waals surface area (Å²) in [6, 6.07) is 18.5. The SMILES string of the molecule is Cc1ccc(C)c(NC(=O)COC(=O)c2cccc(S(=O)(=O)N3c4ccccc4C[C@@H]3C)c2)c1. The highest BCUT2D eigenvalue weighted by Gasteiger charge is 2.36. The lowest BCUT2D eigenvalue weighted by Crippen LogP contribution is -2.35. The van der Waals surface area contributed by atoms with Crippen molar-refractivity contribution in [3.8, 4) is 0 Å². The second-order valence-corrected chi connectivity index (χ2v) is 10.3. The molecule has 0 fully saturated rings. The van der Waals surface area contributed by atoms with Gasteiger partial charge in [-0.05, 0) is 74.2 Å². The van der Waals surface area contributed by atoms with Crippen LogP contribution in [0, 0.1) is 13.8 Å². The maximum absolute atomic E-state index is 13.4. The number of aryl methyl sites for hydroxylation is 2. The smallest absolute Gasteiger partial charge is 0.338 e. The van der Waals surface area contributed by atoms with Crippen molar-refractivity contribution in [3.05, 3.63) is 89.0 Å². The first-order valence-electron chi connectivity index (χ1n) is 10.9. The van der Waals surface area contributed by atoms with E-state index >= 15 is 0 Å². The Morgan fingerprint density at radius 2 is 1.79 bits per heavy atom. The number of ether oxygens (including phenoxy) is 1. The molecule has 0 saturated carbocycles. The van der Waals surface area contributed by atoms with Crippen LogP contribution in [-0.2, 0) is 26.0 Å². The Kier molecular flexibility index (Phi) is 6.43. The minimum Gasteiger partial charge on any atom is -0.452 e. The number of carbonyl (C=O) groups is 2. The summed E-state index contributed by atoms with van der Waals surface area (Å²) in [5.74, 6) is -1.25. The fourth-order valence-electron chi connectivity index (χ4n) is 4.07. The monoisotopic (exact) mass is 478 g/mol. The van der Waals surface area contributed by atoms with E-state index < -0.39 is 28.5 Å². The lowest BCUT2D eigenvalue weighted by molar-refractivity contribution is -0.119. The summed E-state index contributed by atoms with van der Waals surface area (Å²) >= 11 is 0. The van der Waals surface area contributed by atoms with Gasteiger partial charge in [-0.25, -0.2) is 13.2 Å². The van der Waals surface area contributed by atoms with Gasteiger partial charge < -0.3 is 10.1 Å². The highest BCUT2D eigenvalue weighted by Crippen LogP contribution is 2.36. The van der Waals surface area contributed by atoms with Crippen LogP contribution in [-0.4, -0.2) is 32.9 Å². The Balaban J connectivity index is 1.47. The van der Waals surface area contributed by atoms with Crippen LogP contribution in [0.1, 0.15) is 34.0 Å². The van der Waals surface area contributed by atoms with E-state index in [9.17, 15) is 18.0 Å². The molecule has 1 aliphatic heterocycles. The normalized spacial score (nSPS) is 15.0. The average Bonchev–Trinajstić information content (AvgIpc) is 3.16. The Morgan fingerprint density at radius 3 is 2.59 bits per heavy atom. The number of para-hydroxylation sites is 1. The zero-order valence-corrected chi connectivity index (χ0v) is 20.1. The number of amides is 1. The summed E-state index contributed by atoms with van der Waals surface area (Å²) in [6.07, 6.45) is 0.618. The second kappa shape index (κ2) is 9.30. The molecule has 1 amide bonds. The van der Waals surface area contributed by atoms with Crippen LogP contribution in [0.3, 0.4) is 0 Å². The maximum atomic E-state index is 13.4. The molecule has 1 aliphatic rings. The molecule has 1 N–H and O–H groups in total. The molecule has 4 rings (SSSR count). The number of nitrogens with zero attached hydrogens (tertiary/aromatic N) is 1. The number of rotatable bonds is 6. The van der Waals surface area contributed by atoms with Crippen molar-refractivity contribution in [2.45, 2.75) is 38.1 Å². The van der Waals surface area contributed by atoms with Crippen molar-refractivity contribution < 1.29 is 22.7 Å². The number of sulfonamides is 1. The number of hydrogen-bond acceptors (Lipinski definition) is 5. The van der Waals surface area contributed by atoms with Crippen molar-refractivity contribution in [2.24, 2.45) is 0 Å². The van der Waals surface area contributed by atoms with Crippen molar-refractivity contribution in [3.63, 3.8) is 0 Å². The van der Waals surface area contributed by atoms with Gasteiger partial charge in [-0.15, -0.1) is 0 Å². The third-order valence-electron chi connectivity index (χ3n) is 5.77. The second-order valence-electron chi connectivity index (χ2n) is 8.45. The predicted molar refractivity (Wildman–Crippen MR) is 131 cm³/mol. The van der Waals surface area contributed by atoms with Gasteiger partial charge >= 0.3 is 5.97 Å². The van der Waals surface area contributed by atoms with E-state index in [4.69, 9.17) is 4.74 Å². The maximum Gasteiger partial charge on any atom is 0.338 e. The molecular formula is C26H26N2O5S. The summed E-state index contributed by atoms with van der Waals surface area (Å²) in [6.45, 7) is 5.15. The van der Waals surface area contributed by atoms with Gasteiger partial charge in [0, 0.05) is 11.7 Å². The van der Waals surface area contributed by atoms with Crippen LogP contribution in [0.2, 0.25) is 0 Å². The van der Waals surface area contributed by atoms with E-state index in [2.05, 4.69) is 5.32 Å². The fourth-order valence-corrected chi connectivity index (χ4v) is 5.81. The standard InChI is InChI=1S/C26H26N2O5S/c1-17-11-12-18(2)23(13-17)27-25(29)16-33-26(30)21-8-6-9-22(15-21)34(31,32)28-19(3)14-20-7-4-5-10-24(20)28/h4-13,15,19H,14,16H2,1-3H3,(H,27,29)/t19-/m0/s1. The number of fused-ring (bicyclic) bond motifs is 1. The molecule has 0 aromatic heterocycles.